The van der Waals surface area contributed by atoms with Gasteiger partial charge in [0.2, 0.25) is 0 Å². The topological polar surface area (TPSA) is 78.0 Å². The van der Waals surface area contributed by atoms with Crippen LogP contribution in [0.15, 0.2) is 59.0 Å². The summed E-state index contributed by atoms with van der Waals surface area (Å²) in [5.74, 6) is 1.14. The molecule has 0 amide bonds. The van der Waals surface area contributed by atoms with Gasteiger partial charge in [0.05, 0.1) is 25.6 Å². The predicted molar refractivity (Wildman–Crippen MR) is 107 cm³/mol. The van der Waals surface area contributed by atoms with E-state index in [1.54, 1.807) is 59.6 Å². The predicted octanol–water partition coefficient (Wildman–Crippen LogP) is 2.98. The van der Waals surface area contributed by atoms with E-state index in [4.69, 9.17) is 9.47 Å². The molecule has 0 aliphatic carbocycles. The largest absolute Gasteiger partial charge is 0.497 e. The summed E-state index contributed by atoms with van der Waals surface area (Å²) in [5, 5.41) is 17.2. The van der Waals surface area contributed by atoms with E-state index >= 15 is 0 Å². The van der Waals surface area contributed by atoms with Crippen LogP contribution in [0, 0.1) is 0 Å². The fourth-order valence-corrected chi connectivity index (χ4v) is 3.78. The average molecular weight is 397 g/mol. The number of ether oxygens (including phenoxy) is 2. The van der Waals surface area contributed by atoms with Crippen LogP contribution in [0.2, 0.25) is 0 Å². The van der Waals surface area contributed by atoms with Crippen molar-refractivity contribution < 1.29 is 14.6 Å². The standard InChI is InChI=1S/C20H19N3O4S/c1-26-13-5-6-18(27-2)14(10-13)17(24)12-22-7-8-23-16(20(22)25)11-15(21-23)19-4-3-9-28-19/h3-11,17,24H,12H2,1-2H3. The lowest BCUT2D eigenvalue weighted by Gasteiger charge is -2.17. The highest BCUT2D eigenvalue weighted by atomic mass is 32.1. The van der Waals surface area contributed by atoms with Crippen molar-refractivity contribution in [1.82, 2.24) is 14.2 Å². The minimum Gasteiger partial charge on any atom is -0.497 e. The van der Waals surface area contributed by atoms with Crippen LogP contribution in [0.5, 0.6) is 11.5 Å². The summed E-state index contributed by atoms with van der Waals surface area (Å²) in [6, 6.07) is 10.9. The van der Waals surface area contributed by atoms with Crippen molar-refractivity contribution in [2.24, 2.45) is 0 Å². The second-order valence-electron chi connectivity index (χ2n) is 6.22. The molecule has 144 valence electrons. The molecule has 0 saturated heterocycles. The Morgan fingerprint density at radius 3 is 2.75 bits per heavy atom. The van der Waals surface area contributed by atoms with Gasteiger partial charge in [-0.3, -0.25) is 4.79 Å². The molecule has 3 aromatic heterocycles. The third-order valence-electron chi connectivity index (χ3n) is 4.54. The van der Waals surface area contributed by atoms with Crippen molar-refractivity contribution in [3.05, 3.63) is 70.1 Å². The third kappa shape index (κ3) is 3.28. The molecule has 4 aromatic rings. The molecule has 4 rings (SSSR count). The minimum atomic E-state index is -0.940. The zero-order chi connectivity index (χ0) is 19.7. The van der Waals surface area contributed by atoms with E-state index in [9.17, 15) is 9.90 Å². The third-order valence-corrected chi connectivity index (χ3v) is 5.44. The van der Waals surface area contributed by atoms with Crippen molar-refractivity contribution in [2.75, 3.05) is 14.2 Å². The van der Waals surface area contributed by atoms with Crippen molar-refractivity contribution in [3.63, 3.8) is 0 Å². The molecule has 0 radical (unpaired) electrons. The SMILES string of the molecule is COc1ccc(OC)c(C(O)Cn2ccn3nc(-c4cccs4)cc3c2=O)c1. The highest BCUT2D eigenvalue weighted by Crippen LogP contribution is 2.30. The van der Waals surface area contributed by atoms with Crippen LogP contribution < -0.4 is 15.0 Å². The number of aliphatic hydroxyl groups is 1. The molecule has 0 fully saturated rings. The van der Waals surface area contributed by atoms with Crippen molar-refractivity contribution >= 4 is 16.9 Å². The van der Waals surface area contributed by atoms with Gasteiger partial charge in [0.15, 0.2) is 0 Å². The normalized spacial score (nSPS) is 12.2. The van der Waals surface area contributed by atoms with E-state index in [1.807, 2.05) is 17.5 Å². The fourth-order valence-electron chi connectivity index (χ4n) is 3.10. The Balaban J connectivity index is 1.68. The Morgan fingerprint density at radius 2 is 2.04 bits per heavy atom. The molecule has 1 N–H and O–H groups in total. The quantitative estimate of drug-likeness (QED) is 0.541. The molecular weight excluding hydrogens is 378 g/mol. The fraction of sp³-hybridized carbons (Fsp3) is 0.200. The Bertz CT molecular complexity index is 1160. The molecule has 7 nitrogen and oxygen atoms in total. The van der Waals surface area contributed by atoms with Gasteiger partial charge in [-0.05, 0) is 35.7 Å². The molecule has 1 unspecified atom stereocenters. The van der Waals surface area contributed by atoms with Crippen LogP contribution in [0.25, 0.3) is 16.1 Å². The zero-order valence-electron chi connectivity index (χ0n) is 15.4. The lowest BCUT2D eigenvalue weighted by atomic mass is 10.1. The number of nitrogens with zero attached hydrogens (tertiary/aromatic N) is 3. The van der Waals surface area contributed by atoms with Gasteiger partial charge in [0.25, 0.3) is 5.56 Å². The molecule has 0 aliphatic heterocycles. The second kappa shape index (κ2) is 7.49. The summed E-state index contributed by atoms with van der Waals surface area (Å²) in [7, 11) is 3.09. The average Bonchev–Trinajstić information content (AvgIpc) is 3.39. The summed E-state index contributed by atoms with van der Waals surface area (Å²) in [6.45, 7) is 0.0817. The van der Waals surface area contributed by atoms with Gasteiger partial charge in [0, 0.05) is 18.0 Å². The smallest absolute Gasteiger partial charge is 0.276 e. The number of aliphatic hydroxyl groups excluding tert-OH is 1. The first kappa shape index (κ1) is 18.3. The van der Waals surface area contributed by atoms with E-state index in [1.165, 1.54) is 11.7 Å². The van der Waals surface area contributed by atoms with E-state index in [0.29, 0.717) is 22.6 Å². The maximum atomic E-state index is 12.9. The van der Waals surface area contributed by atoms with Gasteiger partial charge in [-0.15, -0.1) is 11.3 Å². The second-order valence-corrected chi connectivity index (χ2v) is 7.16. The summed E-state index contributed by atoms with van der Waals surface area (Å²) < 4.78 is 13.6. The number of fused-ring (bicyclic) bond motifs is 1. The molecule has 8 heteroatoms. The van der Waals surface area contributed by atoms with Crippen LogP contribution in [0.3, 0.4) is 0 Å². The van der Waals surface area contributed by atoms with E-state index in [-0.39, 0.29) is 12.1 Å². The Hall–Kier alpha value is -3.10. The van der Waals surface area contributed by atoms with E-state index < -0.39 is 6.10 Å². The summed E-state index contributed by atoms with van der Waals surface area (Å²) in [6.07, 6.45) is 2.39. The number of hydrogen-bond donors (Lipinski definition) is 1. The summed E-state index contributed by atoms with van der Waals surface area (Å²) in [5.41, 5.74) is 1.54. The highest BCUT2D eigenvalue weighted by molar-refractivity contribution is 7.13. The number of benzene rings is 1. The monoisotopic (exact) mass is 397 g/mol. The Labute approximate surface area is 165 Å². The first-order chi connectivity index (χ1) is 13.6. The number of hydrogen-bond acceptors (Lipinski definition) is 6. The maximum Gasteiger partial charge on any atom is 0.276 e. The van der Waals surface area contributed by atoms with Gasteiger partial charge >= 0.3 is 0 Å². The number of thiophene rings is 1. The molecule has 0 bridgehead atoms. The van der Waals surface area contributed by atoms with Gasteiger partial charge in [-0.1, -0.05) is 6.07 Å². The Morgan fingerprint density at radius 1 is 1.18 bits per heavy atom. The lowest BCUT2D eigenvalue weighted by molar-refractivity contribution is 0.151. The van der Waals surface area contributed by atoms with Crippen LogP contribution in [0.1, 0.15) is 11.7 Å². The summed E-state index contributed by atoms with van der Waals surface area (Å²) >= 11 is 1.57. The molecule has 3 heterocycles. The number of aromatic nitrogens is 3. The van der Waals surface area contributed by atoms with Crippen LogP contribution >= 0.6 is 11.3 Å². The van der Waals surface area contributed by atoms with Crippen LogP contribution in [-0.2, 0) is 6.54 Å². The maximum absolute atomic E-state index is 12.9. The van der Waals surface area contributed by atoms with Crippen molar-refractivity contribution in [2.45, 2.75) is 12.6 Å². The highest BCUT2D eigenvalue weighted by Gasteiger charge is 2.17. The molecule has 0 saturated carbocycles. The number of rotatable bonds is 6. The molecule has 0 spiro atoms. The van der Waals surface area contributed by atoms with Gasteiger partial charge in [-0.2, -0.15) is 5.10 Å². The van der Waals surface area contributed by atoms with Gasteiger partial charge in [0.1, 0.15) is 28.8 Å². The Kier molecular flexibility index (Phi) is 4.89. The van der Waals surface area contributed by atoms with Crippen LogP contribution in [0.4, 0.5) is 0 Å². The molecule has 1 atom stereocenters. The molecule has 1 aromatic carbocycles. The zero-order valence-corrected chi connectivity index (χ0v) is 16.2. The van der Waals surface area contributed by atoms with Crippen molar-refractivity contribution in [3.8, 4) is 22.1 Å². The van der Waals surface area contributed by atoms with Gasteiger partial charge in [-0.25, -0.2) is 4.52 Å². The minimum absolute atomic E-state index is 0.0817. The lowest BCUT2D eigenvalue weighted by Crippen LogP contribution is -2.24. The number of methoxy groups -OCH3 is 2. The van der Waals surface area contributed by atoms with E-state index in [2.05, 4.69) is 5.10 Å². The molecule has 28 heavy (non-hydrogen) atoms. The van der Waals surface area contributed by atoms with E-state index in [0.717, 1.165) is 10.6 Å². The molecular formula is C20H19N3O4S. The van der Waals surface area contributed by atoms with Gasteiger partial charge < -0.3 is 19.1 Å². The van der Waals surface area contributed by atoms with Crippen molar-refractivity contribution in [1.29, 1.82) is 0 Å². The van der Waals surface area contributed by atoms with Crippen LogP contribution in [-0.4, -0.2) is 33.5 Å². The first-order valence-corrected chi connectivity index (χ1v) is 9.51. The summed E-state index contributed by atoms with van der Waals surface area (Å²) in [4.78, 5) is 13.9. The first-order valence-electron chi connectivity index (χ1n) is 8.63. The molecule has 0 aliphatic rings.